The number of likely N-dealkylation sites (N-methyl/N-ethyl adjacent to an activating group) is 1. The van der Waals surface area contributed by atoms with E-state index in [9.17, 15) is 18.0 Å². The molecule has 0 radical (unpaired) electrons. The number of thiophene rings is 1. The maximum atomic E-state index is 13.5. The number of piperidine rings is 1. The number of fused-ring (bicyclic) bond motifs is 1. The van der Waals surface area contributed by atoms with E-state index in [4.69, 9.17) is 11.6 Å². The molecule has 2 atom stereocenters. The van der Waals surface area contributed by atoms with Crippen LogP contribution in [0.2, 0.25) is 5.02 Å². The van der Waals surface area contributed by atoms with E-state index >= 15 is 0 Å². The van der Waals surface area contributed by atoms with E-state index in [2.05, 4.69) is 14.9 Å². The van der Waals surface area contributed by atoms with Gasteiger partial charge in [0.05, 0.1) is 6.54 Å². The minimum Gasteiger partial charge on any atom is -0.332 e. The monoisotopic (exact) mass is 567 g/mol. The molecule has 12 heteroatoms. The largest absolute Gasteiger partial charge is 0.332 e. The van der Waals surface area contributed by atoms with E-state index in [1.54, 1.807) is 24.3 Å². The highest BCUT2D eigenvalue weighted by molar-refractivity contribution is 7.91. The van der Waals surface area contributed by atoms with Crippen molar-refractivity contribution in [2.45, 2.75) is 54.4 Å². The molecule has 3 saturated heterocycles. The smallest absolute Gasteiger partial charge is 0.250 e. The normalized spacial score (nSPS) is 25.5. The number of sulfonamides is 1. The molecule has 1 aromatic carbocycles. The van der Waals surface area contributed by atoms with Crippen molar-refractivity contribution in [3.05, 3.63) is 29.3 Å². The molecule has 1 aromatic heterocycles. The Balaban J connectivity index is 1.26. The molecule has 37 heavy (non-hydrogen) atoms. The quantitative estimate of drug-likeness (QED) is 0.508. The van der Waals surface area contributed by atoms with E-state index in [0.29, 0.717) is 31.0 Å². The Labute approximate surface area is 227 Å². The third-order valence-electron chi connectivity index (χ3n) is 7.81. The molecule has 3 fully saturated rings. The fraction of sp³-hybridized carbons (Fsp3) is 0.600. The molecule has 0 unspecified atom stereocenters. The second kappa shape index (κ2) is 10.8. The summed E-state index contributed by atoms with van der Waals surface area (Å²) in [5, 5.41) is 4.69. The molecule has 0 spiro atoms. The lowest BCUT2D eigenvalue weighted by atomic mass is 10.0. The number of rotatable bonds is 8. The van der Waals surface area contributed by atoms with Crippen LogP contribution in [-0.4, -0.2) is 93.0 Å². The van der Waals surface area contributed by atoms with Crippen LogP contribution in [0.1, 0.15) is 38.5 Å². The summed E-state index contributed by atoms with van der Waals surface area (Å²) < 4.78 is 29.8. The fourth-order valence-electron chi connectivity index (χ4n) is 5.88. The molecule has 2 amide bonds. The molecule has 4 heterocycles. The third kappa shape index (κ3) is 5.53. The topological polar surface area (TPSA) is 102 Å². The van der Waals surface area contributed by atoms with Crippen molar-refractivity contribution in [2.75, 3.05) is 46.3 Å². The van der Waals surface area contributed by atoms with Crippen molar-refractivity contribution < 1.29 is 18.0 Å². The van der Waals surface area contributed by atoms with Gasteiger partial charge in [-0.25, -0.2) is 8.42 Å². The lowest BCUT2D eigenvalue weighted by Crippen LogP contribution is -2.63. The maximum Gasteiger partial charge on any atom is 0.250 e. The minimum atomic E-state index is -3.90. The van der Waals surface area contributed by atoms with Gasteiger partial charge in [0.15, 0.2) is 0 Å². The van der Waals surface area contributed by atoms with Crippen LogP contribution in [0.4, 0.5) is 0 Å². The molecular formula is C25H34ClN5O4S2. The predicted molar refractivity (Wildman–Crippen MR) is 145 cm³/mol. The van der Waals surface area contributed by atoms with Gasteiger partial charge in [-0.1, -0.05) is 11.6 Å². The van der Waals surface area contributed by atoms with Crippen molar-refractivity contribution >= 4 is 54.9 Å². The maximum absolute atomic E-state index is 13.5. The zero-order valence-corrected chi connectivity index (χ0v) is 23.4. The first-order chi connectivity index (χ1) is 17.7. The number of halogens is 1. The summed E-state index contributed by atoms with van der Waals surface area (Å²) in [4.78, 5) is 32.6. The van der Waals surface area contributed by atoms with E-state index in [0.717, 1.165) is 53.9 Å². The number of hydrogen-bond acceptors (Lipinski definition) is 7. The first-order valence-corrected chi connectivity index (χ1v) is 15.6. The number of hydrogen-bond donors (Lipinski definition) is 2. The van der Waals surface area contributed by atoms with Crippen LogP contribution in [0, 0.1) is 0 Å². The average Bonchev–Trinajstić information content (AvgIpc) is 3.62. The van der Waals surface area contributed by atoms with Crippen LogP contribution >= 0.6 is 22.9 Å². The zero-order valence-electron chi connectivity index (χ0n) is 21.0. The van der Waals surface area contributed by atoms with Crippen LogP contribution in [0.15, 0.2) is 28.5 Å². The van der Waals surface area contributed by atoms with Crippen LogP contribution < -0.4 is 10.0 Å². The van der Waals surface area contributed by atoms with Crippen molar-refractivity contribution in [1.29, 1.82) is 0 Å². The van der Waals surface area contributed by atoms with Gasteiger partial charge in [-0.05, 0) is 88.3 Å². The van der Waals surface area contributed by atoms with Crippen molar-refractivity contribution in [3.63, 3.8) is 0 Å². The van der Waals surface area contributed by atoms with Gasteiger partial charge in [-0.3, -0.25) is 19.8 Å². The van der Waals surface area contributed by atoms with Gasteiger partial charge in [0, 0.05) is 29.4 Å². The highest BCUT2D eigenvalue weighted by atomic mass is 35.5. The summed E-state index contributed by atoms with van der Waals surface area (Å²) in [5.41, 5.74) is -0.425. The van der Waals surface area contributed by atoms with Crippen molar-refractivity contribution in [3.8, 4) is 0 Å². The molecule has 2 aromatic rings. The summed E-state index contributed by atoms with van der Waals surface area (Å²) in [5.74, 6) is -0.439. The Morgan fingerprint density at radius 3 is 2.68 bits per heavy atom. The number of nitrogens with zero attached hydrogens (tertiary/aromatic N) is 3. The average molecular weight is 568 g/mol. The van der Waals surface area contributed by atoms with Crippen LogP contribution in [0.25, 0.3) is 10.1 Å². The molecule has 0 aliphatic carbocycles. The van der Waals surface area contributed by atoms with Crippen molar-refractivity contribution in [1.82, 2.24) is 24.7 Å². The van der Waals surface area contributed by atoms with Gasteiger partial charge in [-0.2, -0.15) is 4.72 Å². The molecule has 3 aliphatic heterocycles. The molecule has 5 rings (SSSR count). The highest BCUT2D eigenvalue weighted by Gasteiger charge is 2.45. The van der Waals surface area contributed by atoms with Crippen LogP contribution in [-0.2, 0) is 19.6 Å². The Hall–Kier alpha value is -1.76. The van der Waals surface area contributed by atoms with Gasteiger partial charge >= 0.3 is 0 Å². The number of carbonyl (C=O) groups is 2. The number of nitrogens with one attached hydrogen (secondary N) is 2. The molecule has 0 bridgehead atoms. The second-order valence-electron chi connectivity index (χ2n) is 10.2. The van der Waals surface area contributed by atoms with Crippen molar-refractivity contribution in [2.24, 2.45) is 0 Å². The molecule has 9 nitrogen and oxygen atoms in total. The highest BCUT2D eigenvalue weighted by Crippen LogP contribution is 2.32. The van der Waals surface area contributed by atoms with E-state index in [-0.39, 0.29) is 22.6 Å². The molecule has 3 aliphatic rings. The standard InChI is InChI=1S/C25H34ClN5O4S2/c1-27-25(17-29-10-2-3-11-29)9-5-13-31(25)22(32)16-30-12-4-6-20(24(30)33)28-37(34,35)23-15-18-14-19(26)7-8-21(18)36-23/h7-8,14-15,20,27-28H,2-6,9-13,16-17H2,1H3/t20-,25-/m0/s1. The molecule has 202 valence electrons. The summed E-state index contributed by atoms with van der Waals surface area (Å²) in [7, 11) is -2.00. The van der Waals surface area contributed by atoms with Gasteiger partial charge in [0.25, 0.3) is 10.0 Å². The zero-order chi connectivity index (χ0) is 26.2. The van der Waals surface area contributed by atoms with Gasteiger partial charge < -0.3 is 9.80 Å². The SMILES string of the molecule is CN[C@@]1(CN2CCCC2)CCCN1C(=O)CN1CCC[C@H](NS(=O)(=O)c2cc3cc(Cl)ccc3s2)C1=O. The number of carbonyl (C=O) groups excluding carboxylic acids is 2. The second-order valence-corrected chi connectivity index (χ2v) is 13.7. The Morgan fingerprint density at radius 2 is 1.92 bits per heavy atom. The van der Waals surface area contributed by atoms with E-state index < -0.39 is 21.7 Å². The lowest BCUT2D eigenvalue weighted by molar-refractivity contribution is -0.146. The van der Waals surface area contributed by atoms with Gasteiger partial charge in [0.2, 0.25) is 11.8 Å². The summed E-state index contributed by atoms with van der Waals surface area (Å²) in [6.07, 6.45) is 5.18. The summed E-state index contributed by atoms with van der Waals surface area (Å²) >= 11 is 7.18. The predicted octanol–water partition coefficient (Wildman–Crippen LogP) is 2.46. The van der Waals surface area contributed by atoms with Gasteiger partial charge in [0.1, 0.15) is 15.9 Å². The molecule has 2 N–H and O–H groups in total. The number of benzene rings is 1. The summed E-state index contributed by atoms with van der Waals surface area (Å²) in [6.45, 7) is 3.93. The fourth-order valence-corrected chi connectivity index (χ4v) is 8.68. The number of amides is 2. The first kappa shape index (κ1) is 26.8. The van der Waals surface area contributed by atoms with E-state index in [1.807, 2.05) is 11.9 Å². The Kier molecular flexibility index (Phi) is 7.82. The Bertz CT molecular complexity index is 1280. The third-order valence-corrected chi connectivity index (χ3v) is 11.1. The van der Waals surface area contributed by atoms with Crippen LogP contribution in [0.5, 0.6) is 0 Å². The first-order valence-electron chi connectivity index (χ1n) is 12.9. The minimum absolute atomic E-state index is 0.0398. The van der Waals surface area contributed by atoms with E-state index in [1.165, 1.54) is 17.7 Å². The molecule has 0 saturated carbocycles. The Morgan fingerprint density at radius 1 is 1.14 bits per heavy atom. The molecular weight excluding hydrogens is 534 g/mol. The van der Waals surface area contributed by atoms with Crippen LogP contribution in [0.3, 0.4) is 0 Å². The summed E-state index contributed by atoms with van der Waals surface area (Å²) in [6, 6.07) is 5.91. The number of likely N-dealkylation sites (tertiary alicyclic amines) is 3. The van der Waals surface area contributed by atoms with Gasteiger partial charge in [-0.15, -0.1) is 11.3 Å². The lowest BCUT2D eigenvalue weighted by Gasteiger charge is -2.42.